The normalized spacial score (nSPS) is 18.2. The van der Waals surface area contributed by atoms with E-state index < -0.39 is 5.41 Å². The van der Waals surface area contributed by atoms with E-state index >= 15 is 0 Å². The number of aromatic nitrogens is 1. The van der Waals surface area contributed by atoms with Gasteiger partial charge in [0.15, 0.2) is 0 Å². The minimum Gasteiger partial charge on any atom is -0.364 e. The predicted molar refractivity (Wildman–Crippen MR) is 105 cm³/mol. The van der Waals surface area contributed by atoms with Crippen LogP contribution >= 0.6 is 0 Å². The van der Waals surface area contributed by atoms with Crippen molar-refractivity contribution in [1.29, 1.82) is 0 Å². The summed E-state index contributed by atoms with van der Waals surface area (Å²) < 4.78 is 4.79. The van der Waals surface area contributed by atoms with Gasteiger partial charge < -0.3 is 14.7 Å². The summed E-state index contributed by atoms with van der Waals surface area (Å²) >= 11 is 0. The fourth-order valence-corrected chi connectivity index (χ4v) is 3.92. The van der Waals surface area contributed by atoms with E-state index in [0.717, 1.165) is 16.8 Å². The molecule has 4 rings (SSSR count). The average molecular weight is 375 g/mol. The van der Waals surface area contributed by atoms with Crippen molar-refractivity contribution in [2.75, 3.05) is 11.9 Å². The lowest BCUT2D eigenvalue weighted by atomic mass is 9.73. The number of likely N-dealkylation sites (N-methyl/N-ethyl adjacent to an activating group) is 1. The molecule has 28 heavy (non-hydrogen) atoms. The second-order valence-electron chi connectivity index (χ2n) is 7.07. The lowest BCUT2D eigenvalue weighted by Crippen LogP contribution is -2.44. The zero-order valence-electron chi connectivity index (χ0n) is 15.6. The maximum atomic E-state index is 13.4. The van der Waals surface area contributed by atoms with Crippen molar-refractivity contribution < 1.29 is 14.1 Å². The Balaban J connectivity index is 1.66. The summed E-state index contributed by atoms with van der Waals surface area (Å²) in [7, 11) is 1.77. The van der Waals surface area contributed by atoms with Crippen molar-refractivity contribution in [3.05, 3.63) is 83.7 Å². The number of nitrogens with one attached hydrogen (secondary N) is 1. The molecule has 1 aliphatic heterocycles. The van der Waals surface area contributed by atoms with Gasteiger partial charge >= 0.3 is 0 Å². The molecule has 1 unspecified atom stereocenters. The van der Waals surface area contributed by atoms with E-state index in [2.05, 4.69) is 10.5 Å². The van der Waals surface area contributed by atoms with E-state index in [9.17, 15) is 9.59 Å². The van der Waals surface area contributed by atoms with Gasteiger partial charge in [-0.25, -0.2) is 0 Å². The van der Waals surface area contributed by atoms with Gasteiger partial charge in [0.1, 0.15) is 12.0 Å². The second-order valence-corrected chi connectivity index (χ2v) is 7.07. The quantitative estimate of drug-likeness (QED) is 0.719. The molecule has 3 aromatic rings. The zero-order valence-corrected chi connectivity index (χ0v) is 15.6. The highest BCUT2D eigenvalue weighted by Crippen LogP contribution is 2.45. The Labute approximate surface area is 163 Å². The highest BCUT2D eigenvalue weighted by molar-refractivity contribution is 6.09. The Morgan fingerprint density at radius 1 is 1.11 bits per heavy atom. The Morgan fingerprint density at radius 2 is 1.86 bits per heavy atom. The molecule has 0 saturated carbocycles. The van der Waals surface area contributed by atoms with Crippen LogP contribution in [0.2, 0.25) is 0 Å². The molecule has 0 spiro atoms. The molecular weight excluding hydrogens is 354 g/mol. The molecule has 142 valence electrons. The smallest absolute Gasteiger partial charge is 0.238 e. The van der Waals surface area contributed by atoms with Crippen molar-refractivity contribution >= 4 is 17.5 Å². The van der Waals surface area contributed by atoms with Crippen LogP contribution in [-0.4, -0.2) is 24.0 Å². The summed E-state index contributed by atoms with van der Waals surface area (Å²) in [5.41, 5.74) is 2.47. The number of fused-ring (bicyclic) bond motifs is 1. The number of hydrogen-bond acceptors (Lipinski definition) is 4. The van der Waals surface area contributed by atoms with Gasteiger partial charge in [-0.05, 0) is 23.6 Å². The van der Waals surface area contributed by atoms with E-state index in [-0.39, 0.29) is 24.8 Å². The van der Waals surface area contributed by atoms with Crippen LogP contribution in [-0.2, 0) is 28.0 Å². The molecule has 2 amide bonds. The van der Waals surface area contributed by atoms with Gasteiger partial charge in [-0.1, -0.05) is 53.7 Å². The maximum Gasteiger partial charge on any atom is 0.238 e. The highest BCUT2D eigenvalue weighted by Gasteiger charge is 2.50. The first-order valence-electron chi connectivity index (χ1n) is 9.18. The van der Waals surface area contributed by atoms with Crippen LogP contribution in [0.25, 0.3) is 0 Å². The minimum atomic E-state index is -0.930. The molecule has 1 N–H and O–H groups in total. The molecule has 6 heteroatoms. The van der Waals surface area contributed by atoms with Gasteiger partial charge in [0.05, 0.1) is 12.0 Å². The lowest BCUT2D eigenvalue weighted by molar-refractivity contribution is -0.129. The Morgan fingerprint density at radius 3 is 2.61 bits per heavy atom. The summed E-state index contributed by atoms with van der Waals surface area (Å²) in [6.45, 7) is 0.266. The van der Waals surface area contributed by atoms with Crippen LogP contribution in [0.5, 0.6) is 0 Å². The fourth-order valence-electron chi connectivity index (χ4n) is 3.92. The first-order chi connectivity index (χ1) is 13.6. The topological polar surface area (TPSA) is 75.4 Å². The van der Waals surface area contributed by atoms with Gasteiger partial charge in [0.25, 0.3) is 0 Å². The summed E-state index contributed by atoms with van der Waals surface area (Å²) in [6.07, 6.45) is 2.00. The number of nitrogens with zero attached hydrogens (tertiary/aromatic N) is 2. The predicted octanol–water partition coefficient (Wildman–Crippen LogP) is 2.84. The largest absolute Gasteiger partial charge is 0.364 e. The molecule has 0 aliphatic carbocycles. The van der Waals surface area contributed by atoms with Crippen molar-refractivity contribution in [1.82, 2.24) is 10.5 Å². The Kier molecular flexibility index (Phi) is 4.69. The number of carbonyl (C=O) groups excluding carboxylic acids is 2. The van der Waals surface area contributed by atoms with E-state index in [1.165, 1.54) is 6.26 Å². The molecule has 1 aliphatic rings. The molecule has 1 aromatic heterocycles. The summed E-state index contributed by atoms with van der Waals surface area (Å²) in [4.78, 5) is 27.8. The molecule has 0 bridgehead atoms. The zero-order chi connectivity index (χ0) is 19.6. The Bertz CT molecular complexity index is 985. The summed E-state index contributed by atoms with van der Waals surface area (Å²) in [5.74, 6) is -0.258. The number of amides is 2. The standard InChI is InChI=1S/C22H21N3O3/c1-25-19-10-6-5-9-18(19)22(21(25)27,13-16-7-3-2-4-8-16)14-20(26)23-15-17-11-12-28-24-17/h2-12H,13-15H2,1H3,(H,23,26). The number of hydrogen-bond donors (Lipinski definition) is 1. The van der Waals surface area contributed by atoms with Crippen LogP contribution in [0.3, 0.4) is 0 Å². The first-order valence-corrected chi connectivity index (χ1v) is 9.18. The monoisotopic (exact) mass is 375 g/mol. The van der Waals surface area contributed by atoms with Crippen LogP contribution in [0.4, 0.5) is 5.69 Å². The lowest BCUT2D eigenvalue weighted by Gasteiger charge is -2.28. The number of carbonyl (C=O) groups is 2. The number of rotatable bonds is 6. The summed E-state index contributed by atoms with van der Waals surface area (Å²) in [5, 5.41) is 6.66. The molecular formula is C22H21N3O3. The fraction of sp³-hybridized carbons (Fsp3) is 0.227. The maximum absolute atomic E-state index is 13.4. The average Bonchev–Trinajstić information content (AvgIpc) is 3.31. The molecule has 0 radical (unpaired) electrons. The van der Waals surface area contributed by atoms with Gasteiger partial charge in [-0.3, -0.25) is 9.59 Å². The molecule has 2 aromatic carbocycles. The third-order valence-electron chi connectivity index (χ3n) is 5.26. The SMILES string of the molecule is CN1C(=O)C(CC(=O)NCc2ccon2)(Cc2ccccc2)c2ccccc21. The van der Waals surface area contributed by atoms with E-state index in [1.54, 1.807) is 18.0 Å². The third kappa shape index (κ3) is 3.17. The number of anilines is 1. The van der Waals surface area contributed by atoms with Crippen LogP contribution < -0.4 is 10.2 Å². The van der Waals surface area contributed by atoms with Gasteiger partial charge in [-0.2, -0.15) is 0 Å². The molecule has 0 fully saturated rings. The van der Waals surface area contributed by atoms with E-state index in [0.29, 0.717) is 12.1 Å². The van der Waals surface area contributed by atoms with Crippen LogP contribution in [0, 0.1) is 0 Å². The van der Waals surface area contributed by atoms with E-state index in [4.69, 9.17) is 4.52 Å². The number of para-hydroxylation sites is 1. The van der Waals surface area contributed by atoms with Gasteiger partial charge in [0.2, 0.25) is 11.8 Å². The number of benzene rings is 2. The molecule has 6 nitrogen and oxygen atoms in total. The molecule has 1 atom stereocenters. The third-order valence-corrected chi connectivity index (χ3v) is 5.26. The second kappa shape index (κ2) is 7.31. The summed E-state index contributed by atoms with van der Waals surface area (Å²) in [6, 6.07) is 19.2. The van der Waals surface area contributed by atoms with Crippen LogP contribution in [0.15, 0.2) is 71.4 Å². The van der Waals surface area contributed by atoms with Crippen molar-refractivity contribution in [2.45, 2.75) is 24.8 Å². The highest BCUT2D eigenvalue weighted by atomic mass is 16.5. The molecule has 0 saturated heterocycles. The molecule has 2 heterocycles. The minimum absolute atomic E-state index is 0.0610. The van der Waals surface area contributed by atoms with Crippen molar-refractivity contribution in [3.63, 3.8) is 0 Å². The van der Waals surface area contributed by atoms with Crippen molar-refractivity contribution in [2.24, 2.45) is 0 Å². The van der Waals surface area contributed by atoms with Gasteiger partial charge in [-0.15, -0.1) is 0 Å². The van der Waals surface area contributed by atoms with Gasteiger partial charge in [0, 0.05) is 25.2 Å². The Hall–Kier alpha value is -3.41. The first kappa shape index (κ1) is 18.0. The van der Waals surface area contributed by atoms with Crippen LogP contribution in [0.1, 0.15) is 23.2 Å². The van der Waals surface area contributed by atoms with E-state index in [1.807, 2.05) is 54.6 Å². The van der Waals surface area contributed by atoms with Crippen molar-refractivity contribution in [3.8, 4) is 0 Å².